The van der Waals surface area contributed by atoms with Gasteiger partial charge in [0, 0.05) is 23.6 Å². The third kappa shape index (κ3) is 2.59. The van der Waals surface area contributed by atoms with Crippen LogP contribution < -0.4 is 0 Å². The molecule has 0 spiro atoms. The molecule has 0 aliphatic carbocycles. The minimum Gasteiger partial charge on any atom is -0.256 e. The van der Waals surface area contributed by atoms with Crippen molar-refractivity contribution in [3.8, 4) is 11.3 Å². The van der Waals surface area contributed by atoms with Gasteiger partial charge in [-0.15, -0.1) is 5.11 Å². The lowest BCUT2D eigenvalue weighted by atomic mass is 10.0. The van der Waals surface area contributed by atoms with Crippen molar-refractivity contribution in [2.75, 3.05) is 12.9 Å². The van der Waals surface area contributed by atoms with Crippen LogP contribution in [0.3, 0.4) is 0 Å². The van der Waals surface area contributed by atoms with Gasteiger partial charge in [-0.05, 0) is 18.2 Å². The molecule has 7 heteroatoms. The van der Waals surface area contributed by atoms with Gasteiger partial charge in [-0.2, -0.15) is 5.11 Å². The van der Waals surface area contributed by atoms with Crippen LogP contribution in [-0.4, -0.2) is 32.2 Å². The SMILES string of the molecule is CS(=O)(=O)c1cccc(-c2ccccn2)c1C1=NCN=N1. The van der Waals surface area contributed by atoms with Crippen molar-refractivity contribution in [3.63, 3.8) is 0 Å². The van der Waals surface area contributed by atoms with Gasteiger partial charge in [0.15, 0.2) is 22.3 Å². The van der Waals surface area contributed by atoms with E-state index in [0.717, 1.165) is 0 Å². The Balaban J connectivity index is 2.33. The molecule has 0 atom stereocenters. The number of benzene rings is 1. The van der Waals surface area contributed by atoms with Gasteiger partial charge in [0.05, 0.1) is 10.6 Å². The van der Waals surface area contributed by atoms with E-state index in [0.29, 0.717) is 22.7 Å². The molecule has 0 saturated carbocycles. The van der Waals surface area contributed by atoms with Crippen LogP contribution in [0.5, 0.6) is 0 Å². The van der Waals surface area contributed by atoms with E-state index < -0.39 is 9.84 Å². The van der Waals surface area contributed by atoms with E-state index in [-0.39, 0.29) is 11.6 Å². The molecule has 1 aliphatic rings. The van der Waals surface area contributed by atoms with Crippen LogP contribution in [0.4, 0.5) is 0 Å². The number of sulfone groups is 1. The first kappa shape index (κ1) is 13.6. The molecule has 0 amide bonds. The molecule has 3 rings (SSSR count). The van der Waals surface area contributed by atoms with Crippen LogP contribution in [0.15, 0.2) is 62.7 Å². The normalized spacial score (nSPS) is 14.2. The molecule has 0 saturated heterocycles. The third-order valence-corrected chi connectivity index (χ3v) is 4.18. The second-order valence-corrected chi connectivity index (χ2v) is 6.51. The Labute approximate surface area is 122 Å². The zero-order valence-electron chi connectivity index (χ0n) is 11.3. The monoisotopic (exact) mass is 300 g/mol. The zero-order chi connectivity index (χ0) is 14.9. The summed E-state index contributed by atoms with van der Waals surface area (Å²) < 4.78 is 24.1. The van der Waals surface area contributed by atoms with Gasteiger partial charge >= 0.3 is 0 Å². The molecule has 6 nitrogen and oxygen atoms in total. The van der Waals surface area contributed by atoms with Crippen LogP contribution in [0.2, 0.25) is 0 Å². The Morgan fingerprint density at radius 3 is 2.57 bits per heavy atom. The average Bonchev–Trinajstić information content (AvgIpc) is 3.00. The van der Waals surface area contributed by atoms with Crippen LogP contribution in [0.1, 0.15) is 5.56 Å². The van der Waals surface area contributed by atoms with Crippen molar-refractivity contribution in [1.29, 1.82) is 0 Å². The van der Waals surface area contributed by atoms with E-state index in [1.807, 2.05) is 18.2 Å². The molecule has 0 bridgehead atoms. The summed E-state index contributed by atoms with van der Waals surface area (Å²) in [6, 6.07) is 10.5. The van der Waals surface area contributed by atoms with Gasteiger partial charge in [0.25, 0.3) is 0 Å². The van der Waals surface area contributed by atoms with Gasteiger partial charge < -0.3 is 0 Å². The number of nitrogens with zero attached hydrogens (tertiary/aromatic N) is 4. The second kappa shape index (κ2) is 5.17. The topological polar surface area (TPSA) is 84.1 Å². The van der Waals surface area contributed by atoms with Gasteiger partial charge in [-0.1, -0.05) is 18.2 Å². The highest BCUT2D eigenvalue weighted by Crippen LogP contribution is 2.29. The summed E-state index contributed by atoms with van der Waals surface area (Å²) in [5.41, 5.74) is 1.81. The Kier molecular flexibility index (Phi) is 3.34. The molecule has 0 N–H and O–H groups in total. The zero-order valence-corrected chi connectivity index (χ0v) is 12.1. The molecule has 0 radical (unpaired) electrons. The number of pyridine rings is 1. The van der Waals surface area contributed by atoms with Gasteiger partial charge in [0.2, 0.25) is 0 Å². The lowest BCUT2D eigenvalue weighted by Crippen LogP contribution is -2.09. The first-order chi connectivity index (χ1) is 10.1. The highest BCUT2D eigenvalue weighted by molar-refractivity contribution is 7.90. The van der Waals surface area contributed by atoms with Gasteiger partial charge in [-0.3, -0.25) is 4.98 Å². The summed E-state index contributed by atoms with van der Waals surface area (Å²) in [4.78, 5) is 8.62. The van der Waals surface area contributed by atoms with Crippen LogP contribution in [0.25, 0.3) is 11.3 Å². The fraction of sp³-hybridized carbons (Fsp3) is 0.143. The van der Waals surface area contributed by atoms with E-state index in [1.165, 1.54) is 6.26 Å². The van der Waals surface area contributed by atoms with Crippen LogP contribution in [0, 0.1) is 0 Å². The molecule has 1 aromatic carbocycles. The highest BCUT2D eigenvalue weighted by Gasteiger charge is 2.23. The van der Waals surface area contributed by atoms with E-state index >= 15 is 0 Å². The predicted octanol–water partition coefficient (Wildman–Crippen LogP) is 2.32. The number of amidine groups is 1. The Hall–Kier alpha value is -2.41. The molecule has 2 heterocycles. The van der Waals surface area contributed by atoms with E-state index in [1.54, 1.807) is 24.4 Å². The quantitative estimate of drug-likeness (QED) is 0.872. The van der Waals surface area contributed by atoms with Crippen molar-refractivity contribution in [1.82, 2.24) is 4.98 Å². The Bertz CT molecular complexity index is 843. The van der Waals surface area contributed by atoms with Gasteiger partial charge in [-0.25, -0.2) is 13.4 Å². The maximum absolute atomic E-state index is 12.0. The number of aliphatic imine (C=N–C) groups is 1. The van der Waals surface area contributed by atoms with Crippen molar-refractivity contribution in [2.45, 2.75) is 4.90 Å². The van der Waals surface area contributed by atoms with Crippen LogP contribution in [-0.2, 0) is 9.84 Å². The lowest BCUT2D eigenvalue weighted by Gasteiger charge is -2.11. The summed E-state index contributed by atoms with van der Waals surface area (Å²) in [5, 5.41) is 7.75. The minimum absolute atomic E-state index is 0.185. The summed E-state index contributed by atoms with van der Waals surface area (Å²) in [5.74, 6) is 0.330. The molecule has 2 aromatic rings. The summed E-state index contributed by atoms with van der Waals surface area (Å²) in [6.45, 7) is 0.217. The summed E-state index contributed by atoms with van der Waals surface area (Å²) in [7, 11) is -3.41. The van der Waals surface area contributed by atoms with E-state index in [2.05, 4.69) is 20.2 Å². The Morgan fingerprint density at radius 1 is 1.10 bits per heavy atom. The number of hydrogen-bond donors (Lipinski definition) is 0. The van der Waals surface area contributed by atoms with Crippen LogP contribution >= 0.6 is 0 Å². The van der Waals surface area contributed by atoms with E-state index in [9.17, 15) is 8.42 Å². The first-order valence-corrected chi connectivity index (χ1v) is 8.13. The largest absolute Gasteiger partial charge is 0.256 e. The summed E-state index contributed by atoms with van der Waals surface area (Å²) >= 11 is 0. The smallest absolute Gasteiger partial charge is 0.180 e. The molecular weight excluding hydrogens is 288 g/mol. The second-order valence-electron chi connectivity index (χ2n) is 4.53. The molecular formula is C14H12N4O2S. The number of hydrogen-bond acceptors (Lipinski definition) is 6. The number of azo groups is 1. The fourth-order valence-corrected chi connectivity index (χ4v) is 3.06. The fourth-order valence-electron chi connectivity index (χ4n) is 2.16. The standard InChI is InChI=1S/C14H12N4O2S/c1-21(19,20)12-7-4-5-10(11-6-2-3-8-15-11)13(12)14-16-9-17-18-14/h2-8H,9H2,1H3. The molecule has 1 aromatic heterocycles. The first-order valence-electron chi connectivity index (χ1n) is 6.24. The predicted molar refractivity (Wildman–Crippen MR) is 79.0 cm³/mol. The Morgan fingerprint density at radius 2 is 1.95 bits per heavy atom. The maximum Gasteiger partial charge on any atom is 0.180 e. The average molecular weight is 300 g/mol. The maximum atomic E-state index is 12.0. The number of aromatic nitrogens is 1. The molecule has 21 heavy (non-hydrogen) atoms. The molecule has 0 fully saturated rings. The van der Waals surface area contributed by atoms with Crippen molar-refractivity contribution >= 4 is 15.7 Å². The minimum atomic E-state index is -3.41. The summed E-state index contributed by atoms with van der Waals surface area (Å²) in [6.07, 6.45) is 2.82. The van der Waals surface area contributed by atoms with Crippen molar-refractivity contribution in [3.05, 3.63) is 48.2 Å². The van der Waals surface area contributed by atoms with E-state index in [4.69, 9.17) is 0 Å². The lowest BCUT2D eigenvalue weighted by molar-refractivity contribution is 0.601. The van der Waals surface area contributed by atoms with Crippen molar-refractivity contribution < 1.29 is 8.42 Å². The molecule has 1 aliphatic heterocycles. The molecule has 106 valence electrons. The highest BCUT2D eigenvalue weighted by atomic mass is 32.2. The van der Waals surface area contributed by atoms with Gasteiger partial charge in [0.1, 0.15) is 0 Å². The number of rotatable bonds is 3. The third-order valence-electron chi connectivity index (χ3n) is 3.04. The molecule has 0 unspecified atom stereocenters. The van der Waals surface area contributed by atoms with Crippen molar-refractivity contribution in [2.24, 2.45) is 15.2 Å².